The lowest BCUT2D eigenvalue weighted by Crippen LogP contribution is -2.12. The van der Waals surface area contributed by atoms with E-state index in [2.05, 4.69) is 71.4 Å². The Bertz CT molecular complexity index is 1040. The van der Waals surface area contributed by atoms with E-state index in [9.17, 15) is 0 Å². The molecule has 3 nitrogen and oxygen atoms in total. The highest BCUT2D eigenvalue weighted by Gasteiger charge is 2.09. The van der Waals surface area contributed by atoms with Crippen LogP contribution >= 0.6 is 12.4 Å². The molecule has 1 N–H and O–H groups in total. The largest absolute Gasteiger partial charge is 0.497 e. The third-order valence-electron chi connectivity index (χ3n) is 4.97. The number of para-hydroxylation sites is 1. The summed E-state index contributed by atoms with van der Waals surface area (Å²) in [6, 6.07) is 23.7. The maximum Gasteiger partial charge on any atom is 0.118 e. The number of aromatic nitrogens is 1. The molecule has 0 aliphatic rings. The highest BCUT2D eigenvalue weighted by atomic mass is 35.5. The number of rotatable bonds is 6. The summed E-state index contributed by atoms with van der Waals surface area (Å²) in [5.74, 6) is 0.895. The number of fused-ring (bicyclic) bond motifs is 3. The molecule has 1 heterocycles. The monoisotopic (exact) mass is 380 g/mol. The molecule has 0 aliphatic carbocycles. The summed E-state index contributed by atoms with van der Waals surface area (Å²) < 4.78 is 7.60. The Morgan fingerprint density at radius 3 is 2.22 bits per heavy atom. The van der Waals surface area contributed by atoms with E-state index in [1.807, 2.05) is 12.1 Å². The first-order valence-electron chi connectivity index (χ1n) is 9.13. The van der Waals surface area contributed by atoms with E-state index in [4.69, 9.17) is 4.74 Å². The number of hydrogen-bond acceptors (Lipinski definition) is 2. The zero-order valence-corrected chi connectivity index (χ0v) is 16.6. The fourth-order valence-electron chi connectivity index (χ4n) is 3.65. The number of benzene rings is 3. The second-order valence-electron chi connectivity index (χ2n) is 6.56. The lowest BCUT2D eigenvalue weighted by atomic mass is 10.1. The van der Waals surface area contributed by atoms with E-state index in [1.54, 1.807) is 7.11 Å². The van der Waals surface area contributed by atoms with Gasteiger partial charge >= 0.3 is 0 Å². The minimum atomic E-state index is 0. The number of ether oxygens (including phenoxy) is 1. The van der Waals surface area contributed by atoms with E-state index in [1.165, 1.54) is 32.9 Å². The standard InChI is InChI=1S/C23H24N2O.ClH/c1-3-25-22-7-5-4-6-20(22)21-14-18(10-13-23(21)25)16-24-15-17-8-11-19(26-2)12-9-17;/h4-14,24H,3,15-16H2,1-2H3;1H. The summed E-state index contributed by atoms with van der Waals surface area (Å²) in [7, 11) is 1.69. The van der Waals surface area contributed by atoms with Crippen LogP contribution in [0.4, 0.5) is 0 Å². The van der Waals surface area contributed by atoms with Crippen molar-refractivity contribution in [3.8, 4) is 5.75 Å². The zero-order valence-electron chi connectivity index (χ0n) is 15.7. The predicted octanol–water partition coefficient (Wildman–Crippen LogP) is 5.53. The highest BCUT2D eigenvalue weighted by molar-refractivity contribution is 6.08. The normalized spacial score (nSPS) is 10.9. The first kappa shape index (κ1) is 19.3. The summed E-state index contributed by atoms with van der Waals surface area (Å²) in [5, 5.41) is 6.22. The summed E-state index contributed by atoms with van der Waals surface area (Å²) in [6.07, 6.45) is 0. The Balaban J connectivity index is 0.00000210. The molecule has 1 aromatic heterocycles. The topological polar surface area (TPSA) is 26.2 Å². The first-order valence-corrected chi connectivity index (χ1v) is 9.13. The summed E-state index contributed by atoms with van der Waals surface area (Å²) in [5.41, 5.74) is 5.19. The SMILES string of the molecule is CCn1c2ccccc2c2cc(CNCc3ccc(OC)cc3)ccc21.Cl. The predicted molar refractivity (Wildman–Crippen MR) is 116 cm³/mol. The number of nitrogens with zero attached hydrogens (tertiary/aromatic N) is 1. The molecule has 4 rings (SSSR count). The average Bonchev–Trinajstić information content (AvgIpc) is 3.01. The fourth-order valence-corrected chi connectivity index (χ4v) is 3.65. The average molecular weight is 381 g/mol. The van der Waals surface area contributed by atoms with Crippen LogP contribution in [0.3, 0.4) is 0 Å². The molecular formula is C23H25ClN2O. The third-order valence-corrected chi connectivity index (χ3v) is 4.97. The Hall–Kier alpha value is -2.49. The fraction of sp³-hybridized carbons (Fsp3) is 0.217. The molecule has 0 bridgehead atoms. The summed E-state index contributed by atoms with van der Waals surface area (Å²) >= 11 is 0. The van der Waals surface area contributed by atoms with Gasteiger partial charge in [0.25, 0.3) is 0 Å². The van der Waals surface area contributed by atoms with Crippen molar-refractivity contribution in [1.82, 2.24) is 9.88 Å². The van der Waals surface area contributed by atoms with Crippen LogP contribution in [0.15, 0.2) is 66.7 Å². The second kappa shape index (κ2) is 8.47. The van der Waals surface area contributed by atoms with Gasteiger partial charge in [-0.3, -0.25) is 0 Å². The van der Waals surface area contributed by atoms with Crippen molar-refractivity contribution in [2.45, 2.75) is 26.6 Å². The molecule has 0 unspecified atom stereocenters. The minimum absolute atomic E-state index is 0. The molecule has 0 radical (unpaired) electrons. The molecule has 0 amide bonds. The smallest absolute Gasteiger partial charge is 0.118 e. The van der Waals surface area contributed by atoms with Crippen LogP contribution in [0.2, 0.25) is 0 Å². The maximum atomic E-state index is 5.21. The molecule has 4 aromatic rings. The molecule has 0 saturated heterocycles. The van der Waals surface area contributed by atoms with Gasteiger partial charge in [-0.1, -0.05) is 36.4 Å². The zero-order chi connectivity index (χ0) is 17.9. The molecule has 27 heavy (non-hydrogen) atoms. The summed E-state index contributed by atoms with van der Waals surface area (Å²) in [6.45, 7) is 4.89. The van der Waals surface area contributed by atoms with Gasteiger partial charge in [0.1, 0.15) is 5.75 Å². The van der Waals surface area contributed by atoms with E-state index in [-0.39, 0.29) is 12.4 Å². The van der Waals surface area contributed by atoms with Crippen LogP contribution in [0.1, 0.15) is 18.1 Å². The Kier molecular flexibility index (Phi) is 6.04. The van der Waals surface area contributed by atoms with Gasteiger partial charge in [0.05, 0.1) is 7.11 Å². The van der Waals surface area contributed by atoms with Crippen LogP contribution < -0.4 is 10.1 Å². The van der Waals surface area contributed by atoms with E-state index in [0.717, 1.165) is 25.4 Å². The molecule has 0 atom stereocenters. The number of halogens is 1. The molecular weight excluding hydrogens is 356 g/mol. The first-order chi connectivity index (χ1) is 12.8. The van der Waals surface area contributed by atoms with Crippen molar-refractivity contribution in [2.24, 2.45) is 0 Å². The molecule has 0 spiro atoms. The Morgan fingerprint density at radius 1 is 0.815 bits per heavy atom. The van der Waals surface area contributed by atoms with Gasteiger partial charge in [-0.2, -0.15) is 0 Å². The van der Waals surface area contributed by atoms with Gasteiger partial charge in [-0.05, 0) is 48.4 Å². The van der Waals surface area contributed by atoms with Gasteiger partial charge in [-0.15, -0.1) is 12.4 Å². The molecule has 4 heteroatoms. The van der Waals surface area contributed by atoms with Crippen LogP contribution in [-0.2, 0) is 19.6 Å². The van der Waals surface area contributed by atoms with Crippen LogP contribution in [0.5, 0.6) is 5.75 Å². The molecule has 0 aliphatic heterocycles. The number of nitrogens with one attached hydrogen (secondary N) is 1. The van der Waals surface area contributed by atoms with Crippen LogP contribution in [-0.4, -0.2) is 11.7 Å². The van der Waals surface area contributed by atoms with E-state index >= 15 is 0 Å². The highest BCUT2D eigenvalue weighted by Crippen LogP contribution is 2.29. The van der Waals surface area contributed by atoms with Crippen molar-refractivity contribution >= 4 is 34.2 Å². The third kappa shape index (κ3) is 3.80. The van der Waals surface area contributed by atoms with Crippen LogP contribution in [0.25, 0.3) is 21.8 Å². The number of methoxy groups -OCH3 is 1. The van der Waals surface area contributed by atoms with Gasteiger partial charge < -0.3 is 14.6 Å². The molecule has 0 fully saturated rings. The van der Waals surface area contributed by atoms with Crippen molar-refractivity contribution in [3.63, 3.8) is 0 Å². The van der Waals surface area contributed by atoms with E-state index < -0.39 is 0 Å². The lowest BCUT2D eigenvalue weighted by molar-refractivity contribution is 0.414. The van der Waals surface area contributed by atoms with Crippen molar-refractivity contribution in [2.75, 3.05) is 7.11 Å². The Labute approximate surface area is 166 Å². The molecule has 3 aromatic carbocycles. The van der Waals surface area contributed by atoms with Crippen molar-refractivity contribution in [1.29, 1.82) is 0 Å². The molecule has 140 valence electrons. The van der Waals surface area contributed by atoms with Gasteiger partial charge in [0.15, 0.2) is 0 Å². The quantitative estimate of drug-likeness (QED) is 0.475. The van der Waals surface area contributed by atoms with Gasteiger partial charge in [-0.25, -0.2) is 0 Å². The summed E-state index contributed by atoms with van der Waals surface area (Å²) in [4.78, 5) is 0. The molecule has 0 saturated carbocycles. The lowest BCUT2D eigenvalue weighted by Gasteiger charge is -2.07. The van der Waals surface area contributed by atoms with Crippen LogP contribution in [0, 0.1) is 0 Å². The minimum Gasteiger partial charge on any atom is -0.497 e. The van der Waals surface area contributed by atoms with Crippen molar-refractivity contribution in [3.05, 3.63) is 77.9 Å². The van der Waals surface area contributed by atoms with Crippen molar-refractivity contribution < 1.29 is 4.74 Å². The number of aryl methyl sites for hydroxylation is 1. The maximum absolute atomic E-state index is 5.21. The van der Waals surface area contributed by atoms with Gasteiger partial charge in [0.2, 0.25) is 0 Å². The Morgan fingerprint density at radius 2 is 1.48 bits per heavy atom. The second-order valence-corrected chi connectivity index (χ2v) is 6.56. The number of hydrogen-bond donors (Lipinski definition) is 1. The van der Waals surface area contributed by atoms with Gasteiger partial charge in [0, 0.05) is 41.4 Å². The van der Waals surface area contributed by atoms with E-state index in [0.29, 0.717) is 0 Å².